The molecular weight excluding hydrogens is 423 g/mol. The van der Waals surface area contributed by atoms with Crippen LogP contribution in [0.25, 0.3) is 0 Å². The van der Waals surface area contributed by atoms with E-state index in [0.717, 1.165) is 32.1 Å². The Morgan fingerprint density at radius 3 is 2.30 bits per heavy atom. The molecule has 178 valence electrons. The fourth-order valence-electron chi connectivity index (χ4n) is 4.92. The molecule has 7 heteroatoms. The van der Waals surface area contributed by atoms with Crippen molar-refractivity contribution >= 4 is 17.7 Å². The Morgan fingerprint density at radius 1 is 1.12 bits per heavy atom. The van der Waals surface area contributed by atoms with E-state index >= 15 is 0 Å². The summed E-state index contributed by atoms with van der Waals surface area (Å²) in [6.07, 6.45) is 4.75. The van der Waals surface area contributed by atoms with E-state index in [2.05, 4.69) is 0 Å². The summed E-state index contributed by atoms with van der Waals surface area (Å²) < 4.78 is 20.3. The second kappa shape index (κ2) is 10.3. The predicted molar refractivity (Wildman–Crippen MR) is 124 cm³/mol. The van der Waals surface area contributed by atoms with Crippen molar-refractivity contribution in [1.82, 2.24) is 9.47 Å². The van der Waals surface area contributed by atoms with Gasteiger partial charge in [0.2, 0.25) is 0 Å². The number of ketones is 1. The van der Waals surface area contributed by atoms with Crippen LogP contribution >= 0.6 is 0 Å². The Balaban J connectivity index is 2.01. The minimum atomic E-state index is -0.736. The summed E-state index contributed by atoms with van der Waals surface area (Å²) >= 11 is 0. The van der Waals surface area contributed by atoms with E-state index in [-0.39, 0.29) is 24.3 Å². The molecule has 1 aliphatic carbocycles. The number of ether oxygens (including phenoxy) is 1. The number of amides is 1. The van der Waals surface area contributed by atoms with Gasteiger partial charge in [-0.25, -0.2) is 9.18 Å². The van der Waals surface area contributed by atoms with Gasteiger partial charge in [-0.2, -0.15) is 0 Å². The van der Waals surface area contributed by atoms with Gasteiger partial charge in [0.1, 0.15) is 11.5 Å². The fourth-order valence-corrected chi connectivity index (χ4v) is 4.92. The van der Waals surface area contributed by atoms with Crippen LogP contribution in [-0.4, -0.2) is 45.8 Å². The summed E-state index contributed by atoms with van der Waals surface area (Å²) in [5, 5.41) is 0. The minimum Gasteiger partial charge on any atom is -0.461 e. The Hall–Kier alpha value is -2.96. The molecule has 1 aliphatic rings. The lowest BCUT2D eigenvalue weighted by molar-refractivity contribution is 0.0485. The van der Waals surface area contributed by atoms with E-state index in [1.807, 2.05) is 0 Å². The fraction of sp³-hybridized carbons (Fsp3) is 0.500. The standard InChI is InChI=1S/C26H33FN2O4/c1-6-33-26(32)23-16(2)22(17(3)28(23)5)24(30)18(4)29(21-10-8-7-9-11-21)25(31)19-12-14-20(27)15-13-19/h12-15,18,21H,6-11H2,1-5H3. The third-order valence-electron chi connectivity index (χ3n) is 6.74. The van der Waals surface area contributed by atoms with Gasteiger partial charge in [-0.3, -0.25) is 9.59 Å². The van der Waals surface area contributed by atoms with Crippen molar-refractivity contribution < 1.29 is 23.5 Å². The first-order chi connectivity index (χ1) is 15.7. The predicted octanol–water partition coefficient (Wildman–Crippen LogP) is 5.00. The van der Waals surface area contributed by atoms with Crippen molar-refractivity contribution in [1.29, 1.82) is 0 Å². The monoisotopic (exact) mass is 456 g/mol. The molecule has 0 radical (unpaired) electrons. The van der Waals surface area contributed by atoms with Gasteiger partial charge in [0.05, 0.1) is 12.6 Å². The summed E-state index contributed by atoms with van der Waals surface area (Å²) in [6, 6.07) is 4.64. The van der Waals surface area contributed by atoms with Crippen LogP contribution in [0.3, 0.4) is 0 Å². The summed E-state index contributed by atoms with van der Waals surface area (Å²) in [6.45, 7) is 7.26. The minimum absolute atomic E-state index is 0.0656. The Labute approximate surface area is 194 Å². The number of hydrogen-bond acceptors (Lipinski definition) is 4. The second-order valence-electron chi connectivity index (χ2n) is 8.76. The van der Waals surface area contributed by atoms with Gasteiger partial charge in [-0.05, 0) is 70.4 Å². The van der Waals surface area contributed by atoms with Crippen LogP contribution in [0, 0.1) is 19.7 Å². The Bertz CT molecular complexity index is 1040. The van der Waals surface area contributed by atoms with Gasteiger partial charge in [-0.1, -0.05) is 19.3 Å². The molecular formula is C26H33FN2O4. The summed E-state index contributed by atoms with van der Waals surface area (Å²) in [7, 11) is 1.73. The number of carbonyl (C=O) groups is 3. The highest BCUT2D eigenvalue weighted by Gasteiger charge is 2.36. The van der Waals surface area contributed by atoms with Gasteiger partial charge in [-0.15, -0.1) is 0 Å². The molecule has 0 bridgehead atoms. The highest BCUT2D eigenvalue weighted by molar-refractivity contribution is 6.07. The molecule has 2 aromatic rings. The topological polar surface area (TPSA) is 68.6 Å². The second-order valence-corrected chi connectivity index (χ2v) is 8.76. The van der Waals surface area contributed by atoms with E-state index in [9.17, 15) is 18.8 Å². The molecule has 6 nitrogen and oxygen atoms in total. The number of hydrogen-bond donors (Lipinski definition) is 0. The number of aromatic nitrogens is 1. The quantitative estimate of drug-likeness (QED) is 0.434. The van der Waals surface area contributed by atoms with Crippen LogP contribution in [0.15, 0.2) is 24.3 Å². The summed E-state index contributed by atoms with van der Waals surface area (Å²) in [5.41, 5.74) is 2.36. The molecule has 1 aromatic carbocycles. The molecule has 1 atom stereocenters. The van der Waals surface area contributed by atoms with Gasteiger partial charge < -0.3 is 14.2 Å². The number of carbonyl (C=O) groups excluding carboxylic acids is 3. The lowest BCUT2D eigenvalue weighted by Gasteiger charge is -2.38. The number of Topliss-reactive ketones (excluding diaryl/α,β-unsaturated/α-hetero) is 1. The third kappa shape index (κ3) is 4.87. The first kappa shape index (κ1) is 24.7. The van der Waals surface area contributed by atoms with Gasteiger partial charge in [0.25, 0.3) is 5.91 Å². The smallest absolute Gasteiger partial charge is 0.355 e. The Morgan fingerprint density at radius 2 is 1.73 bits per heavy atom. The molecule has 1 amide bonds. The largest absolute Gasteiger partial charge is 0.461 e. The van der Waals surface area contributed by atoms with E-state index in [1.54, 1.807) is 44.2 Å². The number of esters is 1. The average Bonchev–Trinajstić information content (AvgIpc) is 3.02. The van der Waals surface area contributed by atoms with Crippen LogP contribution in [0.2, 0.25) is 0 Å². The van der Waals surface area contributed by atoms with Gasteiger partial charge in [0, 0.05) is 29.9 Å². The van der Waals surface area contributed by atoms with Crippen LogP contribution in [0.5, 0.6) is 0 Å². The van der Waals surface area contributed by atoms with Crippen molar-refractivity contribution in [3.63, 3.8) is 0 Å². The molecule has 3 rings (SSSR count). The normalized spacial score (nSPS) is 15.2. The Kier molecular flexibility index (Phi) is 7.72. The van der Waals surface area contributed by atoms with E-state index in [0.29, 0.717) is 28.1 Å². The highest BCUT2D eigenvalue weighted by atomic mass is 19.1. The molecule has 1 heterocycles. The maximum absolute atomic E-state index is 13.8. The maximum atomic E-state index is 13.8. The number of benzene rings is 1. The average molecular weight is 457 g/mol. The summed E-state index contributed by atoms with van der Waals surface area (Å²) in [5.74, 6) is -1.38. The zero-order chi connectivity index (χ0) is 24.3. The molecule has 1 fully saturated rings. The lowest BCUT2D eigenvalue weighted by Crippen LogP contribution is -2.50. The van der Waals surface area contributed by atoms with Crippen LogP contribution in [-0.2, 0) is 11.8 Å². The van der Waals surface area contributed by atoms with Crippen LogP contribution < -0.4 is 0 Å². The molecule has 0 N–H and O–H groups in total. The van der Waals surface area contributed by atoms with Crippen LogP contribution in [0.1, 0.15) is 88.4 Å². The molecule has 1 saturated carbocycles. The van der Waals surface area contributed by atoms with Gasteiger partial charge >= 0.3 is 5.97 Å². The van der Waals surface area contributed by atoms with Crippen molar-refractivity contribution in [2.75, 3.05) is 6.61 Å². The molecule has 33 heavy (non-hydrogen) atoms. The van der Waals surface area contributed by atoms with Crippen molar-refractivity contribution in [3.8, 4) is 0 Å². The van der Waals surface area contributed by atoms with E-state index in [4.69, 9.17) is 4.74 Å². The van der Waals surface area contributed by atoms with Crippen molar-refractivity contribution in [2.45, 2.75) is 71.9 Å². The molecule has 0 saturated heterocycles. The molecule has 1 aromatic heterocycles. The van der Waals surface area contributed by atoms with Crippen molar-refractivity contribution in [2.24, 2.45) is 7.05 Å². The highest BCUT2D eigenvalue weighted by Crippen LogP contribution is 2.30. The first-order valence-electron chi connectivity index (χ1n) is 11.6. The number of nitrogens with zero attached hydrogens (tertiary/aromatic N) is 2. The summed E-state index contributed by atoms with van der Waals surface area (Å²) in [4.78, 5) is 41.5. The molecule has 0 aliphatic heterocycles. The van der Waals surface area contributed by atoms with E-state index in [1.165, 1.54) is 24.3 Å². The molecule has 1 unspecified atom stereocenters. The first-order valence-corrected chi connectivity index (χ1v) is 11.6. The van der Waals surface area contributed by atoms with Gasteiger partial charge in [0.15, 0.2) is 5.78 Å². The zero-order valence-electron chi connectivity index (χ0n) is 20.1. The molecule has 0 spiro atoms. The third-order valence-corrected chi connectivity index (χ3v) is 6.74. The van der Waals surface area contributed by atoms with Crippen LogP contribution in [0.4, 0.5) is 4.39 Å². The maximum Gasteiger partial charge on any atom is 0.355 e. The van der Waals surface area contributed by atoms with E-state index < -0.39 is 17.8 Å². The number of rotatable bonds is 7. The zero-order valence-corrected chi connectivity index (χ0v) is 20.1. The lowest BCUT2D eigenvalue weighted by atomic mass is 9.90. The number of halogens is 1. The SMILES string of the molecule is CCOC(=O)c1c(C)c(C(=O)C(C)N(C(=O)c2ccc(F)cc2)C2CCCCC2)c(C)n1C. The van der Waals surface area contributed by atoms with Crippen molar-refractivity contribution in [3.05, 3.63) is 58.2 Å².